The lowest BCUT2D eigenvalue weighted by molar-refractivity contribution is -0.206. The highest BCUT2D eigenvalue weighted by Crippen LogP contribution is 2.41. The third-order valence-corrected chi connectivity index (χ3v) is 4.27. The molecule has 158 valence electrons. The molecule has 1 heterocycles. The lowest BCUT2D eigenvalue weighted by Crippen LogP contribution is -2.31. The molecule has 2 rings (SSSR count). The number of alkyl carbamates (subject to hydrolysis) is 1. The summed E-state index contributed by atoms with van der Waals surface area (Å²) in [5.74, 6) is 1.11. The van der Waals surface area contributed by atoms with Crippen molar-refractivity contribution in [2.24, 2.45) is 0 Å². The van der Waals surface area contributed by atoms with Gasteiger partial charge in [0.15, 0.2) is 0 Å². The van der Waals surface area contributed by atoms with Crippen molar-refractivity contribution in [3.05, 3.63) is 46.1 Å². The minimum absolute atomic E-state index is 0.00567. The Morgan fingerprint density at radius 1 is 1.10 bits per heavy atom. The molecule has 0 aliphatic rings. The predicted molar refractivity (Wildman–Crippen MR) is 101 cm³/mol. The number of carbonyl (C=O) groups is 1. The van der Waals surface area contributed by atoms with E-state index in [1.807, 2.05) is 5.32 Å². The summed E-state index contributed by atoms with van der Waals surface area (Å²) < 4.78 is 56.5. The van der Waals surface area contributed by atoms with Crippen molar-refractivity contribution in [1.29, 1.82) is 0 Å². The van der Waals surface area contributed by atoms with E-state index in [9.17, 15) is 18.0 Å². The summed E-state index contributed by atoms with van der Waals surface area (Å²) in [5.41, 5.74) is 1.64. The minimum atomic E-state index is -4.81. The van der Waals surface area contributed by atoms with E-state index in [0.717, 1.165) is 11.1 Å². The molecule has 1 unspecified atom stereocenters. The summed E-state index contributed by atoms with van der Waals surface area (Å²) in [5, 5.41) is 2.03. The molecule has 1 aromatic carbocycles. The molecule has 6 nitrogen and oxygen atoms in total. The van der Waals surface area contributed by atoms with Crippen molar-refractivity contribution in [3.8, 4) is 17.4 Å². The molecule has 0 saturated carbocycles. The molecule has 9 heteroatoms. The monoisotopic (exact) mass is 412 g/mol. The first-order valence-electron chi connectivity index (χ1n) is 8.74. The number of amides is 1. The molecule has 0 aliphatic carbocycles. The molecule has 0 fully saturated rings. The second-order valence-corrected chi connectivity index (χ2v) is 6.55. The van der Waals surface area contributed by atoms with Crippen LogP contribution in [0.4, 0.5) is 18.0 Å². The first-order valence-corrected chi connectivity index (χ1v) is 8.74. The molecule has 0 radical (unpaired) electrons. The number of aromatic nitrogens is 1. The number of methoxy groups -OCH3 is 1. The summed E-state index contributed by atoms with van der Waals surface area (Å²) >= 11 is 0. The van der Waals surface area contributed by atoms with Crippen LogP contribution in [0.2, 0.25) is 0 Å². The molecule has 0 saturated heterocycles. The molecule has 2 aromatic rings. The topological polar surface area (TPSA) is 69.7 Å². The number of benzene rings is 1. The Morgan fingerprint density at radius 2 is 1.69 bits per heavy atom. The van der Waals surface area contributed by atoms with E-state index in [-0.39, 0.29) is 17.0 Å². The zero-order valence-corrected chi connectivity index (χ0v) is 17.0. The van der Waals surface area contributed by atoms with Crippen molar-refractivity contribution < 1.29 is 32.2 Å². The lowest BCUT2D eigenvalue weighted by Gasteiger charge is -2.24. The molecule has 1 amide bonds. The van der Waals surface area contributed by atoms with Crippen molar-refractivity contribution in [2.45, 2.75) is 40.0 Å². The Morgan fingerprint density at radius 3 is 2.17 bits per heavy atom. The fraction of sp³-hybridized carbons (Fsp3) is 0.400. The predicted octanol–water partition coefficient (Wildman–Crippen LogP) is 5.08. The maximum atomic E-state index is 13.6. The van der Waals surface area contributed by atoms with Gasteiger partial charge in [0.05, 0.1) is 7.11 Å². The third kappa shape index (κ3) is 5.10. The molecule has 0 bridgehead atoms. The highest BCUT2D eigenvalue weighted by Gasteiger charge is 2.45. The van der Waals surface area contributed by atoms with Crippen LogP contribution >= 0.6 is 0 Å². The summed E-state index contributed by atoms with van der Waals surface area (Å²) in [7, 11) is 2.72. The second-order valence-electron chi connectivity index (χ2n) is 6.55. The third-order valence-electron chi connectivity index (χ3n) is 4.27. The summed E-state index contributed by atoms with van der Waals surface area (Å²) in [6.07, 6.45) is -8.45. The van der Waals surface area contributed by atoms with E-state index in [2.05, 4.69) is 9.72 Å². The van der Waals surface area contributed by atoms with Gasteiger partial charge in [0, 0.05) is 23.9 Å². The van der Waals surface area contributed by atoms with Crippen LogP contribution in [0.5, 0.6) is 17.4 Å². The Balaban J connectivity index is 2.54. The molecule has 1 atom stereocenters. The van der Waals surface area contributed by atoms with E-state index in [4.69, 9.17) is 9.47 Å². The molecule has 1 aromatic heterocycles. The lowest BCUT2D eigenvalue weighted by atomic mass is 10.0. The van der Waals surface area contributed by atoms with Gasteiger partial charge in [-0.2, -0.15) is 13.2 Å². The summed E-state index contributed by atoms with van der Waals surface area (Å²) in [4.78, 5) is 15.7. The van der Waals surface area contributed by atoms with Gasteiger partial charge in [0.1, 0.15) is 11.5 Å². The van der Waals surface area contributed by atoms with Gasteiger partial charge in [-0.1, -0.05) is 0 Å². The van der Waals surface area contributed by atoms with Crippen LogP contribution in [-0.4, -0.2) is 31.4 Å². The molecule has 0 aliphatic heterocycles. The number of nitrogens with one attached hydrogen (secondary N) is 1. The van der Waals surface area contributed by atoms with Crippen LogP contribution in [0.15, 0.2) is 18.2 Å². The fourth-order valence-electron chi connectivity index (χ4n) is 2.86. The van der Waals surface area contributed by atoms with E-state index in [1.54, 1.807) is 26.0 Å². The number of halogens is 3. The van der Waals surface area contributed by atoms with Crippen LogP contribution in [0, 0.1) is 27.7 Å². The van der Waals surface area contributed by atoms with Gasteiger partial charge >= 0.3 is 12.3 Å². The first-order chi connectivity index (χ1) is 13.5. The smallest absolute Gasteiger partial charge is 0.429 e. The van der Waals surface area contributed by atoms with Gasteiger partial charge in [-0.05, 0) is 57.0 Å². The van der Waals surface area contributed by atoms with Gasteiger partial charge < -0.3 is 19.5 Å². The SMILES string of the molecule is CNC(=O)OC(c1cc(C)nc(Oc2c(C)cc(OC)cc2C)c1C)C(F)(F)F. The van der Waals surface area contributed by atoms with E-state index >= 15 is 0 Å². The van der Waals surface area contributed by atoms with Gasteiger partial charge in [0.25, 0.3) is 0 Å². The number of hydrogen-bond donors (Lipinski definition) is 1. The number of carbonyl (C=O) groups excluding carboxylic acids is 1. The Kier molecular flexibility index (Phi) is 6.61. The second kappa shape index (κ2) is 8.59. The van der Waals surface area contributed by atoms with Gasteiger partial charge in [-0.15, -0.1) is 0 Å². The van der Waals surface area contributed by atoms with Crippen LogP contribution in [0.25, 0.3) is 0 Å². The number of pyridine rings is 1. The van der Waals surface area contributed by atoms with Crippen molar-refractivity contribution >= 4 is 6.09 Å². The highest BCUT2D eigenvalue weighted by atomic mass is 19.4. The Hall–Kier alpha value is -2.97. The normalized spacial score (nSPS) is 12.3. The van der Waals surface area contributed by atoms with Crippen molar-refractivity contribution in [1.82, 2.24) is 10.3 Å². The summed E-state index contributed by atoms with van der Waals surface area (Å²) in [6, 6.07) is 4.74. The minimum Gasteiger partial charge on any atom is -0.497 e. The van der Waals surface area contributed by atoms with Crippen molar-refractivity contribution in [2.75, 3.05) is 14.2 Å². The molecular weight excluding hydrogens is 389 g/mol. The average molecular weight is 412 g/mol. The number of alkyl halides is 3. The van der Waals surface area contributed by atoms with Crippen LogP contribution in [0.3, 0.4) is 0 Å². The van der Waals surface area contributed by atoms with E-state index in [0.29, 0.717) is 17.2 Å². The maximum Gasteiger partial charge on any atom is 0.429 e. The van der Waals surface area contributed by atoms with Crippen molar-refractivity contribution in [3.63, 3.8) is 0 Å². The van der Waals surface area contributed by atoms with Crippen LogP contribution in [-0.2, 0) is 4.74 Å². The molecule has 1 N–H and O–H groups in total. The number of ether oxygens (including phenoxy) is 3. The quantitative estimate of drug-likeness (QED) is 0.742. The number of aryl methyl sites for hydroxylation is 3. The first kappa shape index (κ1) is 22.3. The molecule has 29 heavy (non-hydrogen) atoms. The Labute approximate surface area is 167 Å². The molecule has 0 spiro atoms. The number of nitrogens with zero attached hydrogens (tertiary/aromatic N) is 1. The maximum absolute atomic E-state index is 13.6. The average Bonchev–Trinajstić information content (AvgIpc) is 2.63. The van der Waals surface area contributed by atoms with Gasteiger partial charge in [-0.25, -0.2) is 9.78 Å². The number of rotatable bonds is 5. The van der Waals surface area contributed by atoms with E-state index in [1.165, 1.54) is 34.1 Å². The van der Waals surface area contributed by atoms with Gasteiger partial charge in [-0.3, -0.25) is 0 Å². The highest BCUT2D eigenvalue weighted by molar-refractivity contribution is 5.67. The largest absolute Gasteiger partial charge is 0.497 e. The van der Waals surface area contributed by atoms with E-state index < -0.39 is 18.4 Å². The van der Waals surface area contributed by atoms with Crippen LogP contribution in [0.1, 0.15) is 34.1 Å². The summed E-state index contributed by atoms with van der Waals surface area (Å²) in [6.45, 7) is 6.57. The fourth-order valence-corrected chi connectivity index (χ4v) is 2.86. The Bertz CT molecular complexity index is 890. The molecular formula is C20H23F3N2O4. The standard InChI is InChI=1S/C20H23F3N2O4/c1-10-7-14(27-6)8-11(2)16(10)28-18-13(4)15(9-12(3)25-18)17(20(21,22)23)29-19(26)24-5/h7-9,17H,1-6H3,(H,24,26). The van der Waals surface area contributed by atoms with Gasteiger partial charge in [0.2, 0.25) is 12.0 Å². The number of hydrogen-bond acceptors (Lipinski definition) is 5. The zero-order valence-electron chi connectivity index (χ0n) is 17.0. The zero-order chi connectivity index (χ0) is 21.9. The van der Waals surface area contributed by atoms with Crippen LogP contribution < -0.4 is 14.8 Å².